The van der Waals surface area contributed by atoms with Crippen molar-refractivity contribution in [3.05, 3.63) is 90.2 Å². The molecule has 0 saturated carbocycles. The van der Waals surface area contributed by atoms with Gasteiger partial charge in [0.1, 0.15) is 23.7 Å². The second kappa shape index (κ2) is 9.13. The van der Waals surface area contributed by atoms with Crippen molar-refractivity contribution in [2.75, 3.05) is 7.11 Å². The molecule has 10 heteroatoms. The van der Waals surface area contributed by atoms with Crippen molar-refractivity contribution in [1.29, 1.82) is 0 Å². The molecule has 1 atom stereocenters. The molecule has 0 aliphatic rings. The Bertz CT molecular complexity index is 1410. The van der Waals surface area contributed by atoms with Crippen LogP contribution in [0.4, 0.5) is 4.39 Å². The number of pyridine rings is 1. The van der Waals surface area contributed by atoms with Crippen LogP contribution in [-0.4, -0.2) is 33.5 Å². The zero-order chi connectivity index (χ0) is 22.6. The van der Waals surface area contributed by atoms with Gasteiger partial charge in [0.25, 0.3) is 5.89 Å². The highest BCUT2D eigenvalue weighted by Gasteiger charge is 2.24. The van der Waals surface area contributed by atoms with Crippen LogP contribution in [0.1, 0.15) is 23.3 Å². The summed E-state index contributed by atoms with van der Waals surface area (Å²) in [6, 6.07) is 17.0. The van der Waals surface area contributed by atoms with Gasteiger partial charge in [0.15, 0.2) is 0 Å². The van der Waals surface area contributed by atoms with Crippen LogP contribution >= 0.6 is 11.3 Å². The van der Waals surface area contributed by atoms with Crippen LogP contribution in [0.3, 0.4) is 0 Å². The molecule has 5 aromatic rings. The average Bonchev–Trinajstić information content (AvgIpc) is 3.53. The van der Waals surface area contributed by atoms with E-state index in [1.54, 1.807) is 17.4 Å². The second-order valence-electron chi connectivity index (χ2n) is 6.84. The van der Waals surface area contributed by atoms with Crippen LogP contribution in [0.2, 0.25) is 0 Å². The first-order valence-electron chi connectivity index (χ1n) is 9.82. The Kier molecular flexibility index (Phi) is 5.73. The van der Waals surface area contributed by atoms with E-state index in [-0.39, 0.29) is 11.5 Å². The molecule has 0 aliphatic heterocycles. The number of thiazole rings is 1. The van der Waals surface area contributed by atoms with E-state index in [2.05, 4.69) is 25.2 Å². The van der Waals surface area contributed by atoms with Crippen LogP contribution in [0.15, 0.2) is 76.8 Å². The second-order valence-corrected chi connectivity index (χ2v) is 7.87. The van der Waals surface area contributed by atoms with Gasteiger partial charge in [-0.05, 0) is 24.3 Å². The van der Waals surface area contributed by atoms with Crippen molar-refractivity contribution in [1.82, 2.24) is 20.2 Å². The molecule has 5 rings (SSSR count). The summed E-state index contributed by atoms with van der Waals surface area (Å²) in [5.41, 5.74) is 2.46. The SMILES string of the molecule is CO/N=C/c1cc(C(Oc2ccc3nc(-c4ccccc4)sc3c2)c2nnco2)ncc1F. The Morgan fingerprint density at radius 3 is 2.82 bits per heavy atom. The summed E-state index contributed by atoms with van der Waals surface area (Å²) in [4.78, 5) is 13.5. The summed E-state index contributed by atoms with van der Waals surface area (Å²) in [5, 5.41) is 12.2. The Labute approximate surface area is 191 Å². The molecule has 0 saturated heterocycles. The maximum atomic E-state index is 14.1. The van der Waals surface area contributed by atoms with Gasteiger partial charge in [0.05, 0.1) is 28.3 Å². The first kappa shape index (κ1) is 20.7. The van der Waals surface area contributed by atoms with E-state index >= 15 is 0 Å². The highest BCUT2D eigenvalue weighted by Crippen LogP contribution is 2.34. The molecule has 164 valence electrons. The molecule has 3 heterocycles. The summed E-state index contributed by atoms with van der Waals surface area (Å²) in [5.74, 6) is 0.175. The molecule has 0 amide bonds. The van der Waals surface area contributed by atoms with Crippen LogP contribution in [0, 0.1) is 5.82 Å². The Morgan fingerprint density at radius 1 is 1.15 bits per heavy atom. The molecule has 8 nitrogen and oxygen atoms in total. The third-order valence-electron chi connectivity index (χ3n) is 4.71. The van der Waals surface area contributed by atoms with Gasteiger partial charge in [-0.2, -0.15) is 0 Å². The quantitative estimate of drug-likeness (QED) is 0.248. The Hall–Kier alpha value is -4.18. The number of rotatable bonds is 7. The molecule has 0 spiro atoms. The van der Waals surface area contributed by atoms with E-state index in [0.717, 1.165) is 27.0 Å². The van der Waals surface area contributed by atoms with Gasteiger partial charge in [-0.15, -0.1) is 21.5 Å². The zero-order valence-electron chi connectivity index (χ0n) is 17.3. The van der Waals surface area contributed by atoms with E-state index in [4.69, 9.17) is 14.1 Å². The third kappa shape index (κ3) is 4.41. The van der Waals surface area contributed by atoms with E-state index in [9.17, 15) is 4.39 Å². The molecular formula is C23H16FN5O3S. The highest BCUT2D eigenvalue weighted by molar-refractivity contribution is 7.21. The summed E-state index contributed by atoms with van der Waals surface area (Å²) in [6.45, 7) is 0. The summed E-state index contributed by atoms with van der Waals surface area (Å²) in [7, 11) is 1.37. The van der Waals surface area contributed by atoms with E-state index < -0.39 is 11.9 Å². The molecule has 0 fully saturated rings. The van der Waals surface area contributed by atoms with Crippen molar-refractivity contribution >= 4 is 27.8 Å². The van der Waals surface area contributed by atoms with Crippen LogP contribution in [0.25, 0.3) is 20.8 Å². The van der Waals surface area contributed by atoms with Crippen LogP contribution in [0.5, 0.6) is 5.75 Å². The van der Waals surface area contributed by atoms with Gasteiger partial charge in [0, 0.05) is 11.1 Å². The van der Waals surface area contributed by atoms with Crippen LogP contribution < -0.4 is 4.74 Å². The topological polar surface area (TPSA) is 95.5 Å². The normalized spacial score (nSPS) is 12.3. The van der Waals surface area contributed by atoms with Crippen LogP contribution in [-0.2, 0) is 4.84 Å². The minimum atomic E-state index is -0.859. The largest absolute Gasteiger partial charge is 0.474 e. The van der Waals surface area contributed by atoms with E-state index in [0.29, 0.717) is 11.4 Å². The first-order chi connectivity index (χ1) is 16.2. The molecule has 0 N–H and O–H groups in total. The number of hydrogen-bond acceptors (Lipinski definition) is 9. The average molecular weight is 461 g/mol. The number of hydrogen-bond donors (Lipinski definition) is 0. The number of oxime groups is 1. The van der Waals surface area contributed by atoms with Crippen molar-refractivity contribution < 1.29 is 18.4 Å². The molecule has 0 aliphatic carbocycles. The number of aromatic nitrogens is 4. The fraction of sp³-hybridized carbons (Fsp3) is 0.0870. The van der Waals surface area contributed by atoms with Gasteiger partial charge in [0.2, 0.25) is 12.5 Å². The van der Waals surface area contributed by atoms with Crippen molar-refractivity contribution in [3.8, 4) is 16.3 Å². The summed E-state index contributed by atoms with van der Waals surface area (Å²) >= 11 is 1.56. The minimum Gasteiger partial charge on any atom is -0.474 e. The standard InChI is InChI=1S/C23H16FN5O3S/c1-30-27-11-15-9-19(25-12-17(15)24)21(22-29-26-13-31-22)32-16-7-8-18-20(10-16)33-23(28-18)14-5-3-2-4-6-14/h2-13,21H,1H3/b27-11+. The third-order valence-corrected chi connectivity index (χ3v) is 5.77. The number of nitrogens with zero attached hydrogens (tertiary/aromatic N) is 5. The molecule has 33 heavy (non-hydrogen) atoms. The lowest BCUT2D eigenvalue weighted by atomic mass is 10.1. The summed E-state index contributed by atoms with van der Waals surface area (Å²) < 4.78 is 26.7. The predicted molar refractivity (Wildman–Crippen MR) is 121 cm³/mol. The maximum absolute atomic E-state index is 14.1. The molecule has 0 radical (unpaired) electrons. The van der Waals surface area contributed by atoms with Gasteiger partial charge in [-0.25, -0.2) is 9.37 Å². The molecular weight excluding hydrogens is 445 g/mol. The van der Waals surface area contributed by atoms with Gasteiger partial charge in [-0.1, -0.05) is 35.5 Å². The van der Waals surface area contributed by atoms with E-state index in [1.165, 1.54) is 25.8 Å². The first-order valence-corrected chi connectivity index (χ1v) is 10.6. The number of halogens is 1. The Balaban J connectivity index is 1.50. The molecule has 0 bridgehead atoms. The zero-order valence-corrected chi connectivity index (χ0v) is 18.1. The van der Waals surface area contributed by atoms with Crippen molar-refractivity contribution in [2.45, 2.75) is 6.10 Å². The molecule has 1 unspecified atom stereocenters. The van der Waals surface area contributed by atoms with E-state index in [1.807, 2.05) is 42.5 Å². The van der Waals surface area contributed by atoms with Crippen molar-refractivity contribution in [3.63, 3.8) is 0 Å². The smallest absolute Gasteiger partial charge is 0.263 e. The Morgan fingerprint density at radius 2 is 2.03 bits per heavy atom. The number of ether oxygens (including phenoxy) is 1. The lowest BCUT2D eigenvalue weighted by Gasteiger charge is -2.16. The predicted octanol–water partition coefficient (Wildman–Crippen LogP) is 5.03. The maximum Gasteiger partial charge on any atom is 0.263 e. The molecule has 2 aromatic carbocycles. The monoisotopic (exact) mass is 461 g/mol. The fourth-order valence-corrected chi connectivity index (χ4v) is 4.17. The molecule has 3 aromatic heterocycles. The van der Waals surface area contributed by atoms with Crippen molar-refractivity contribution in [2.24, 2.45) is 5.16 Å². The number of fused-ring (bicyclic) bond motifs is 1. The number of benzene rings is 2. The van der Waals surface area contributed by atoms with Gasteiger partial charge >= 0.3 is 0 Å². The highest BCUT2D eigenvalue weighted by atomic mass is 32.1. The lowest BCUT2D eigenvalue weighted by molar-refractivity contribution is 0.203. The minimum absolute atomic E-state index is 0.179. The van der Waals surface area contributed by atoms with Gasteiger partial charge < -0.3 is 14.0 Å². The van der Waals surface area contributed by atoms with Gasteiger partial charge in [-0.3, -0.25) is 4.98 Å². The fourth-order valence-electron chi connectivity index (χ4n) is 3.17. The lowest BCUT2D eigenvalue weighted by Crippen LogP contribution is -2.13. The summed E-state index contributed by atoms with van der Waals surface area (Å²) in [6.07, 6.45) is 2.67.